The summed E-state index contributed by atoms with van der Waals surface area (Å²) in [5, 5.41) is 2.74. The Balaban J connectivity index is 2.80. The zero-order chi connectivity index (χ0) is 16.5. The maximum absolute atomic E-state index is 12.3. The quantitative estimate of drug-likeness (QED) is 0.499. The lowest BCUT2D eigenvalue weighted by atomic mass is 10.1. The average molecular weight is 306 g/mol. The van der Waals surface area contributed by atoms with Gasteiger partial charge in [0.15, 0.2) is 0 Å². The van der Waals surface area contributed by atoms with Gasteiger partial charge in [-0.1, -0.05) is 31.5 Å². The highest BCUT2D eigenvalue weighted by atomic mass is 16.5. The molecule has 1 atom stereocenters. The minimum absolute atomic E-state index is 0.0513. The minimum Gasteiger partial charge on any atom is -0.463 e. The van der Waals surface area contributed by atoms with Crippen molar-refractivity contribution in [3.05, 3.63) is 35.4 Å². The lowest BCUT2D eigenvalue weighted by molar-refractivity contribution is 0.0953. The largest absolute Gasteiger partial charge is 0.463 e. The number of rotatable bonds is 6. The maximum atomic E-state index is 12.3. The van der Waals surface area contributed by atoms with Gasteiger partial charge < -0.3 is 9.47 Å². The third kappa shape index (κ3) is 6.26. The molecule has 1 amide bonds. The zero-order valence-corrected chi connectivity index (χ0v) is 14.1. The number of amidine groups is 1. The number of hydrogen-bond acceptors (Lipinski definition) is 4. The van der Waals surface area contributed by atoms with Crippen molar-refractivity contribution in [1.82, 2.24) is 5.32 Å². The molecule has 0 radical (unpaired) electrons. The third-order valence-electron chi connectivity index (χ3n) is 3.31. The number of benzene rings is 1. The molecule has 0 fully saturated rings. The van der Waals surface area contributed by atoms with E-state index in [1.165, 1.54) is 0 Å². The van der Waals surface area contributed by atoms with Crippen LogP contribution in [0.15, 0.2) is 29.3 Å². The smallest absolute Gasteiger partial charge is 0.292 e. The number of ether oxygens (including phenoxy) is 2. The monoisotopic (exact) mass is 306 g/mol. The fraction of sp³-hybridized carbons (Fsp3) is 0.529. The standard InChI is InChI=1S/C17H26N2O3/c1-12(2)14(4)18-17(22-10-9-21-5)19-16(20)15-8-6-7-13(3)11-15/h6-8,11-12,14H,9-10H2,1-5H3,(H,18,19,20)/t14-/m1/s1. The number of carbonyl (C=O) groups is 1. The second kappa shape index (κ2) is 9.20. The minimum atomic E-state index is -0.226. The lowest BCUT2D eigenvalue weighted by Gasteiger charge is -2.15. The number of nitrogens with one attached hydrogen (secondary N) is 1. The van der Waals surface area contributed by atoms with Crippen LogP contribution in [-0.2, 0) is 9.47 Å². The topological polar surface area (TPSA) is 59.9 Å². The molecule has 5 nitrogen and oxygen atoms in total. The number of aliphatic imine (C=N–C) groups is 1. The van der Waals surface area contributed by atoms with Gasteiger partial charge in [-0.05, 0) is 31.9 Å². The van der Waals surface area contributed by atoms with E-state index in [-0.39, 0.29) is 18.0 Å². The molecular formula is C17H26N2O3. The second-order valence-corrected chi connectivity index (χ2v) is 5.58. The number of carbonyl (C=O) groups excluding carboxylic acids is 1. The Morgan fingerprint density at radius 1 is 1.27 bits per heavy atom. The van der Waals surface area contributed by atoms with Crippen LogP contribution in [0.2, 0.25) is 0 Å². The Labute approximate surface area is 132 Å². The fourth-order valence-electron chi connectivity index (χ4n) is 1.62. The van der Waals surface area contributed by atoms with Gasteiger partial charge in [0.25, 0.3) is 11.9 Å². The molecule has 0 spiro atoms. The molecule has 1 rings (SSSR count). The Morgan fingerprint density at radius 3 is 2.59 bits per heavy atom. The first kappa shape index (κ1) is 18.2. The van der Waals surface area contributed by atoms with Crippen LogP contribution in [0.3, 0.4) is 0 Å². The van der Waals surface area contributed by atoms with E-state index < -0.39 is 0 Å². The van der Waals surface area contributed by atoms with Crippen LogP contribution < -0.4 is 5.32 Å². The molecule has 0 unspecified atom stereocenters. The molecule has 0 heterocycles. The average Bonchev–Trinajstić information content (AvgIpc) is 2.47. The zero-order valence-electron chi connectivity index (χ0n) is 14.1. The van der Waals surface area contributed by atoms with E-state index in [1.54, 1.807) is 13.2 Å². The first-order valence-corrected chi connectivity index (χ1v) is 7.51. The van der Waals surface area contributed by atoms with E-state index in [0.717, 1.165) is 5.56 Å². The van der Waals surface area contributed by atoms with E-state index in [9.17, 15) is 4.79 Å². The molecule has 1 aromatic rings. The van der Waals surface area contributed by atoms with Crippen molar-refractivity contribution < 1.29 is 14.3 Å². The highest BCUT2D eigenvalue weighted by Crippen LogP contribution is 2.07. The van der Waals surface area contributed by atoms with E-state index in [2.05, 4.69) is 24.2 Å². The molecule has 0 aliphatic rings. The molecule has 0 bridgehead atoms. The number of aryl methyl sites for hydroxylation is 1. The lowest BCUT2D eigenvalue weighted by Crippen LogP contribution is -2.34. The highest BCUT2D eigenvalue weighted by molar-refractivity contribution is 6.04. The van der Waals surface area contributed by atoms with Gasteiger partial charge in [-0.15, -0.1) is 0 Å². The van der Waals surface area contributed by atoms with Crippen molar-refractivity contribution in [2.45, 2.75) is 33.7 Å². The van der Waals surface area contributed by atoms with Gasteiger partial charge in [-0.3, -0.25) is 10.1 Å². The van der Waals surface area contributed by atoms with Crippen LogP contribution >= 0.6 is 0 Å². The normalized spacial score (nSPS) is 13.1. The van der Waals surface area contributed by atoms with Gasteiger partial charge in [0, 0.05) is 12.7 Å². The van der Waals surface area contributed by atoms with Crippen LogP contribution in [0.5, 0.6) is 0 Å². The summed E-state index contributed by atoms with van der Waals surface area (Å²) in [6.45, 7) is 8.86. The molecule has 5 heteroatoms. The van der Waals surface area contributed by atoms with Crippen LogP contribution in [0, 0.1) is 12.8 Å². The van der Waals surface area contributed by atoms with Crippen LogP contribution in [0.1, 0.15) is 36.7 Å². The van der Waals surface area contributed by atoms with Crippen LogP contribution in [0.25, 0.3) is 0 Å². The first-order chi connectivity index (χ1) is 10.4. The molecule has 22 heavy (non-hydrogen) atoms. The van der Waals surface area contributed by atoms with Crippen LogP contribution in [0.4, 0.5) is 0 Å². The summed E-state index contributed by atoms with van der Waals surface area (Å²) < 4.78 is 10.5. The summed E-state index contributed by atoms with van der Waals surface area (Å²) in [6.07, 6.45) is 0. The fourth-order valence-corrected chi connectivity index (χ4v) is 1.62. The number of hydrogen-bond donors (Lipinski definition) is 1. The van der Waals surface area contributed by atoms with Crippen molar-refractivity contribution in [3.8, 4) is 0 Å². The summed E-state index contributed by atoms with van der Waals surface area (Å²) in [4.78, 5) is 16.7. The Bertz CT molecular complexity index is 512. The van der Waals surface area contributed by atoms with E-state index in [0.29, 0.717) is 24.7 Å². The predicted octanol–water partition coefficient (Wildman–Crippen LogP) is 2.79. The van der Waals surface area contributed by atoms with Crippen LogP contribution in [-0.4, -0.2) is 38.3 Å². The number of nitrogens with zero attached hydrogens (tertiary/aromatic N) is 1. The van der Waals surface area contributed by atoms with Gasteiger partial charge in [0.1, 0.15) is 6.61 Å². The molecule has 0 saturated heterocycles. The Morgan fingerprint density at radius 2 is 2.00 bits per heavy atom. The van der Waals surface area contributed by atoms with Crippen molar-refractivity contribution in [2.24, 2.45) is 10.9 Å². The summed E-state index contributed by atoms with van der Waals surface area (Å²) in [5.41, 5.74) is 1.61. The van der Waals surface area contributed by atoms with Gasteiger partial charge in [-0.25, -0.2) is 4.99 Å². The highest BCUT2D eigenvalue weighted by Gasteiger charge is 2.13. The number of amides is 1. The van der Waals surface area contributed by atoms with Crippen molar-refractivity contribution in [1.29, 1.82) is 0 Å². The molecule has 0 aliphatic carbocycles. The van der Waals surface area contributed by atoms with E-state index >= 15 is 0 Å². The first-order valence-electron chi connectivity index (χ1n) is 7.51. The summed E-state index contributed by atoms with van der Waals surface area (Å²) in [7, 11) is 1.60. The molecule has 0 aliphatic heterocycles. The molecule has 1 aromatic carbocycles. The SMILES string of the molecule is COCCOC(=N[C@H](C)C(C)C)NC(=O)c1cccc(C)c1. The van der Waals surface area contributed by atoms with Gasteiger partial charge in [0.2, 0.25) is 0 Å². The molecular weight excluding hydrogens is 280 g/mol. The van der Waals surface area contributed by atoms with Gasteiger partial charge in [-0.2, -0.15) is 0 Å². The predicted molar refractivity (Wildman–Crippen MR) is 88.2 cm³/mol. The maximum Gasteiger partial charge on any atom is 0.292 e. The van der Waals surface area contributed by atoms with E-state index in [4.69, 9.17) is 9.47 Å². The number of methoxy groups -OCH3 is 1. The Kier molecular flexibility index (Phi) is 7.60. The van der Waals surface area contributed by atoms with Crippen molar-refractivity contribution in [2.75, 3.05) is 20.3 Å². The van der Waals surface area contributed by atoms with Crippen molar-refractivity contribution in [3.63, 3.8) is 0 Å². The summed E-state index contributed by atoms with van der Waals surface area (Å²) in [5.74, 6) is 0.132. The molecule has 1 N–H and O–H groups in total. The Hall–Kier alpha value is -1.88. The van der Waals surface area contributed by atoms with Gasteiger partial charge >= 0.3 is 0 Å². The second-order valence-electron chi connectivity index (χ2n) is 5.58. The molecule has 0 aromatic heterocycles. The summed E-state index contributed by atoms with van der Waals surface area (Å²) >= 11 is 0. The molecule has 122 valence electrons. The van der Waals surface area contributed by atoms with Gasteiger partial charge in [0.05, 0.1) is 12.6 Å². The third-order valence-corrected chi connectivity index (χ3v) is 3.31. The van der Waals surface area contributed by atoms with E-state index in [1.807, 2.05) is 32.0 Å². The van der Waals surface area contributed by atoms with Crippen molar-refractivity contribution >= 4 is 11.9 Å². The molecule has 0 saturated carbocycles. The summed E-state index contributed by atoms with van der Waals surface area (Å²) in [6, 6.07) is 7.68.